The van der Waals surface area contributed by atoms with E-state index in [-0.39, 0.29) is 17.8 Å². The Bertz CT molecular complexity index is 670. The molecule has 0 spiro atoms. The number of rotatable bonds is 3. The Morgan fingerprint density at radius 1 is 1.18 bits per heavy atom. The minimum Gasteiger partial charge on any atom is -0.455 e. The number of furan rings is 1. The normalized spacial score (nSPS) is 11.5. The molecule has 22 heavy (non-hydrogen) atoms. The lowest BCUT2D eigenvalue weighted by Gasteiger charge is -2.22. The van der Waals surface area contributed by atoms with Gasteiger partial charge in [-0.3, -0.25) is 0 Å². The highest BCUT2D eigenvalue weighted by atomic mass is 79.9. The largest absolute Gasteiger partial charge is 0.455 e. The predicted octanol–water partition coefficient (Wildman–Crippen LogP) is 5.31. The number of ether oxygens (including phenoxy) is 1. The Kier molecular flexibility index (Phi) is 4.81. The Morgan fingerprint density at radius 3 is 2.23 bits per heavy atom. The van der Waals surface area contributed by atoms with Crippen LogP contribution in [0.15, 0.2) is 33.4 Å². The maximum atomic E-state index is 11.9. The fourth-order valence-corrected chi connectivity index (χ4v) is 2.59. The number of carbonyl (C=O) groups excluding carboxylic acids is 1. The van der Waals surface area contributed by atoms with E-state index in [1.165, 1.54) is 5.56 Å². The zero-order valence-electron chi connectivity index (χ0n) is 13.6. The van der Waals surface area contributed by atoms with Gasteiger partial charge in [-0.25, -0.2) is 4.79 Å². The molecule has 0 atom stereocenters. The molecule has 0 saturated heterocycles. The van der Waals surface area contributed by atoms with Crippen LogP contribution in [0.3, 0.4) is 0 Å². The van der Waals surface area contributed by atoms with Crippen molar-refractivity contribution >= 4 is 21.9 Å². The van der Waals surface area contributed by atoms with E-state index in [4.69, 9.17) is 9.15 Å². The topological polar surface area (TPSA) is 39.4 Å². The molecule has 0 fully saturated rings. The van der Waals surface area contributed by atoms with Crippen molar-refractivity contribution < 1.29 is 13.9 Å². The summed E-state index contributed by atoms with van der Waals surface area (Å²) in [5.74, 6) is -0.252. The molecule has 118 valence electrons. The first-order chi connectivity index (χ1) is 10.2. The van der Waals surface area contributed by atoms with Gasteiger partial charge in [-0.1, -0.05) is 32.9 Å². The van der Waals surface area contributed by atoms with Crippen molar-refractivity contribution in [2.45, 2.75) is 46.6 Å². The summed E-state index contributed by atoms with van der Waals surface area (Å²) in [6, 6.07) is 7.60. The molecule has 0 aliphatic heterocycles. The zero-order chi connectivity index (χ0) is 16.5. The van der Waals surface area contributed by atoms with E-state index in [2.05, 4.69) is 62.7 Å². The van der Waals surface area contributed by atoms with Gasteiger partial charge in [-0.05, 0) is 69.6 Å². The molecule has 0 amide bonds. The number of hydrogen-bond donors (Lipinski definition) is 0. The van der Waals surface area contributed by atoms with Gasteiger partial charge in [-0.2, -0.15) is 0 Å². The van der Waals surface area contributed by atoms with Crippen LogP contribution in [0.1, 0.15) is 53.6 Å². The van der Waals surface area contributed by atoms with Gasteiger partial charge in [0.2, 0.25) is 5.76 Å². The van der Waals surface area contributed by atoms with Crippen molar-refractivity contribution in [2.24, 2.45) is 0 Å². The van der Waals surface area contributed by atoms with E-state index in [1.54, 1.807) is 12.1 Å². The quantitative estimate of drug-likeness (QED) is 0.692. The third kappa shape index (κ3) is 3.80. The van der Waals surface area contributed by atoms with Crippen LogP contribution in [-0.2, 0) is 16.8 Å². The molecule has 0 bridgehead atoms. The van der Waals surface area contributed by atoms with Gasteiger partial charge in [0.1, 0.15) is 6.61 Å². The highest BCUT2D eigenvalue weighted by Crippen LogP contribution is 2.27. The van der Waals surface area contributed by atoms with Crippen molar-refractivity contribution in [2.75, 3.05) is 0 Å². The Morgan fingerprint density at radius 2 is 1.77 bits per heavy atom. The van der Waals surface area contributed by atoms with Crippen molar-refractivity contribution in [3.8, 4) is 0 Å². The van der Waals surface area contributed by atoms with Gasteiger partial charge in [-0.15, -0.1) is 0 Å². The second-order valence-corrected chi connectivity index (χ2v) is 7.30. The lowest BCUT2D eigenvalue weighted by atomic mass is 9.84. The van der Waals surface area contributed by atoms with E-state index in [1.807, 2.05) is 0 Å². The molecule has 0 aliphatic rings. The lowest BCUT2D eigenvalue weighted by molar-refractivity contribution is 0.0433. The molecule has 0 radical (unpaired) electrons. The molecule has 0 saturated carbocycles. The van der Waals surface area contributed by atoms with Gasteiger partial charge in [0.25, 0.3) is 0 Å². The fourth-order valence-electron chi connectivity index (χ4n) is 2.29. The van der Waals surface area contributed by atoms with Crippen LogP contribution < -0.4 is 0 Å². The molecule has 0 N–H and O–H groups in total. The third-order valence-corrected chi connectivity index (χ3v) is 4.11. The molecule has 3 nitrogen and oxygen atoms in total. The molecule has 2 rings (SSSR count). The summed E-state index contributed by atoms with van der Waals surface area (Å²) in [4.78, 5) is 11.9. The first-order valence-corrected chi connectivity index (χ1v) is 8.01. The second kappa shape index (κ2) is 6.29. The van der Waals surface area contributed by atoms with E-state index in [0.717, 1.165) is 16.7 Å². The van der Waals surface area contributed by atoms with Crippen LogP contribution in [0.2, 0.25) is 0 Å². The molecular weight excluding hydrogens is 344 g/mol. The number of carbonyl (C=O) groups is 1. The molecule has 0 unspecified atom stereocenters. The Hall–Kier alpha value is -1.55. The molecule has 1 aromatic heterocycles. The maximum absolute atomic E-state index is 11.9. The number of hydrogen-bond acceptors (Lipinski definition) is 3. The van der Waals surface area contributed by atoms with Crippen molar-refractivity contribution in [3.63, 3.8) is 0 Å². The highest BCUT2D eigenvalue weighted by Gasteiger charge is 2.18. The summed E-state index contributed by atoms with van der Waals surface area (Å²) >= 11 is 3.17. The zero-order valence-corrected chi connectivity index (χ0v) is 15.2. The van der Waals surface area contributed by atoms with E-state index < -0.39 is 5.97 Å². The van der Waals surface area contributed by atoms with Crippen molar-refractivity contribution in [1.82, 2.24) is 0 Å². The number of halogens is 1. The minimum atomic E-state index is -0.454. The van der Waals surface area contributed by atoms with Crippen LogP contribution in [0.4, 0.5) is 0 Å². The minimum absolute atomic E-state index is 0.102. The fraction of sp³-hybridized carbons (Fsp3) is 0.389. The summed E-state index contributed by atoms with van der Waals surface area (Å²) in [5, 5.41) is 0. The van der Waals surface area contributed by atoms with Crippen LogP contribution in [0, 0.1) is 13.8 Å². The highest BCUT2D eigenvalue weighted by molar-refractivity contribution is 9.10. The third-order valence-electron chi connectivity index (χ3n) is 3.68. The summed E-state index contributed by atoms with van der Waals surface area (Å²) in [6.45, 7) is 10.9. The lowest BCUT2D eigenvalue weighted by Crippen LogP contribution is -2.13. The number of aryl methyl sites for hydroxylation is 2. The molecule has 1 heterocycles. The van der Waals surface area contributed by atoms with E-state index in [9.17, 15) is 4.79 Å². The van der Waals surface area contributed by atoms with Gasteiger partial charge in [0.15, 0.2) is 4.67 Å². The second-order valence-electron chi connectivity index (χ2n) is 6.52. The number of esters is 1. The monoisotopic (exact) mass is 364 g/mol. The predicted molar refractivity (Wildman–Crippen MR) is 90.1 cm³/mol. The molecular formula is C18H21BrO3. The first-order valence-electron chi connectivity index (χ1n) is 7.21. The summed E-state index contributed by atoms with van der Waals surface area (Å²) < 4.78 is 11.1. The van der Waals surface area contributed by atoms with E-state index >= 15 is 0 Å². The van der Waals surface area contributed by atoms with Crippen LogP contribution in [-0.4, -0.2) is 5.97 Å². The van der Waals surface area contributed by atoms with Gasteiger partial charge < -0.3 is 9.15 Å². The average molecular weight is 365 g/mol. The average Bonchev–Trinajstić information content (AvgIpc) is 2.83. The number of benzene rings is 1. The van der Waals surface area contributed by atoms with Crippen LogP contribution >= 0.6 is 15.9 Å². The van der Waals surface area contributed by atoms with Gasteiger partial charge in [0.05, 0.1) is 0 Å². The molecule has 1 aromatic carbocycles. The smallest absolute Gasteiger partial charge is 0.374 e. The first kappa shape index (κ1) is 16.8. The van der Waals surface area contributed by atoms with Crippen molar-refractivity contribution in [3.05, 3.63) is 56.9 Å². The van der Waals surface area contributed by atoms with E-state index in [0.29, 0.717) is 4.67 Å². The maximum Gasteiger partial charge on any atom is 0.374 e. The standard InChI is InChI=1S/C18H21BrO3/c1-11-8-13(18(3,4)5)9-12(2)14(11)10-21-17(20)15-6-7-16(19)22-15/h6-9H,10H2,1-5H3. The van der Waals surface area contributed by atoms with Crippen LogP contribution in [0.25, 0.3) is 0 Å². The molecule has 4 heteroatoms. The van der Waals surface area contributed by atoms with Crippen molar-refractivity contribution in [1.29, 1.82) is 0 Å². The summed E-state index contributed by atoms with van der Waals surface area (Å²) in [6.07, 6.45) is 0. The summed E-state index contributed by atoms with van der Waals surface area (Å²) in [7, 11) is 0. The Labute approximate surface area is 139 Å². The summed E-state index contributed by atoms with van der Waals surface area (Å²) in [5.41, 5.74) is 4.71. The Balaban J connectivity index is 2.15. The van der Waals surface area contributed by atoms with Gasteiger partial charge >= 0.3 is 5.97 Å². The SMILES string of the molecule is Cc1cc(C(C)(C)C)cc(C)c1COC(=O)c1ccc(Br)o1. The van der Waals surface area contributed by atoms with Crippen LogP contribution in [0.5, 0.6) is 0 Å². The van der Waals surface area contributed by atoms with Gasteiger partial charge in [0, 0.05) is 0 Å². The molecule has 2 aromatic rings. The molecule has 0 aliphatic carbocycles.